The number of allylic oxidation sites excluding steroid dienone is 16. The van der Waals surface area contributed by atoms with E-state index >= 15 is 0 Å². The van der Waals surface area contributed by atoms with Crippen LogP contribution in [0.5, 0.6) is 0 Å². The smallest absolute Gasteiger partial charge is 0.0859 e. The van der Waals surface area contributed by atoms with Crippen LogP contribution in [0.2, 0.25) is 72.5 Å². The van der Waals surface area contributed by atoms with Crippen molar-refractivity contribution in [2.75, 3.05) is 110 Å². The first-order valence-corrected chi connectivity index (χ1v) is 36.6. The summed E-state index contributed by atoms with van der Waals surface area (Å²) in [6.45, 7) is 54.2. The number of hydrogen-bond donors (Lipinski definition) is 0. The second-order valence-electron chi connectivity index (χ2n) is 23.4. The minimum absolute atomic E-state index is 0. The Morgan fingerprint density at radius 2 is 0.400 bits per heavy atom. The van der Waals surface area contributed by atoms with Gasteiger partial charge in [0.15, 0.2) is 0 Å². The SMILES string of the molecule is CC(C)(C)[Si](C)(C)C1=C/C=C([Si](C)(C)C(C)(C)C)\C=C/C=C\1.CC(C)(C)[Si](C)(C)C1=C/C=C([Si](C)(C)C(C)(C)C)\C=C/C=C\1.COCCOC.COCCOC.COCCOC.COCCOC.[Ce].[Li]. The Kier molecular flexibility index (Phi) is 48.6. The molecule has 0 fully saturated rings. The van der Waals surface area contributed by atoms with E-state index < -0.39 is 32.3 Å². The van der Waals surface area contributed by atoms with Gasteiger partial charge in [0, 0.05) is 117 Å². The topological polar surface area (TPSA) is 73.8 Å². The van der Waals surface area contributed by atoms with Crippen molar-refractivity contribution in [1.82, 2.24) is 0 Å². The van der Waals surface area contributed by atoms with Crippen LogP contribution < -0.4 is 0 Å². The van der Waals surface area contributed by atoms with E-state index in [2.05, 4.69) is 246 Å². The zero-order valence-corrected chi connectivity index (χ0v) is 58.5. The summed E-state index contributed by atoms with van der Waals surface area (Å²) in [6, 6.07) is 0. The van der Waals surface area contributed by atoms with Crippen LogP contribution in [0.1, 0.15) is 83.1 Å². The molecule has 0 N–H and O–H groups in total. The molecule has 8 nitrogen and oxygen atoms in total. The fourth-order valence-electron chi connectivity index (χ4n) is 5.28. The van der Waals surface area contributed by atoms with E-state index in [0.717, 1.165) is 0 Å². The summed E-state index contributed by atoms with van der Waals surface area (Å²) in [5.74, 6) is 0. The molecule has 0 saturated heterocycles. The van der Waals surface area contributed by atoms with E-state index in [1.165, 1.54) is 0 Å². The molecule has 0 bridgehead atoms. The molecule has 0 atom stereocenters. The van der Waals surface area contributed by atoms with Gasteiger partial charge >= 0.3 is 0 Å². The van der Waals surface area contributed by atoms with Crippen molar-refractivity contribution < 1.29 is 79.6 Å². The maximum Gasteiger partial charge on any atom is 0.0859 e. The molecule has 0 heterocycles. The number of methoxy groups -OCH3 is 8. The maximum atomic E-state index is 4.66. The second kappa shape index (κ2) is 41.6. The minimum atomic E-state index is -1.48. The summed E-state index contributed by atoms with van der Waals surface area (Å²) in [5.41, 5.74) is 0. The number of ether oxygens (including phenoxy) is 8. The molecule has 2 aliphatic carbocycles. The molecule has 1 radical (unpaired) electrons. The largest absolute Gasteiger partial charge is 0.382 e. The van der Waals surface area contributed by atoms with Crippen LogP contribution >= 0.6 is 0 Å². The van der Waals surface area contributed by atoms with E-state index in [0.29, 0.717) is 73.0 Å². The van der Waals surface area contributed by atoms with Crippen LogP contribution in [-0.2, 0) is 37.9 Å². The number of hydrogen-bond acceptors (Lipinski definition) is 8. The monoisotopic (exact) mass is 1170 g/mol. The van der Waals surface area contributed by atoms with Gasteiger partial charge in [-0.1, -0.05) is 229 Å². The van der Waals surface area contributed by atoms with Gasteiger partial charge in [-0.05, 0) is 20.2 Å². The van der Waals surface area contributed by atoms with Crippen LogP contribution in [0.25, 0.3) is 0 Å². The zero-order valence-electron chi connectivity index (χ0n) is 51.4. The first-order valence-electron chi connectivity index (χ1n) is 24.6. The van der Waals surface area contributed by atoms with Crippen LogP contribution in [0, 0.1) is 41.7 Å². The quantitative estimate of drug-likeness (QED) is 0.112. The van der Waals surface area contributed by atoms with Gasteiger partial charge < -0.3 is 37.9 Å². The Morgan fingerprint density at radius 1 is 0.286 bits per heavy atom. The van der Waals surface area contributed by atoms with Crippen LogP contribution in [0.4, 0.5) is 0 Å². The van der Waals surface area contributed by atoms with E-state index in [-0.39, 0.29) is 60.6 Å². The zero-order chi connectivity index (χ0) is 54.1. The van der Waals surface area contributed by atoms with E-state index in [1.807, 2.05) is 0 Å². The molecule has 2 aliphatic rings. The third-order valence-electron chi connectivity index (χ3n) is 14.6. The second-order valence-corrected chi connectivity index (χ2v) is 44.7. The van der Waals surface area contributed by atoms with Gasteiger partial charge in [-0.15, -0.1) is 0 Å². The molecular weight excluding hydrogens is 1060 g/mol. The van der Waals surface area contributed by atoms with Crippen molar-refractivity contribution in [1.29, 1.82) is 0 Å². The van der Waals surface area contributed by atoms with Crippen molar-refractivity contribution in [3.05, 3.63) is 93.7 Å². The first-order chi connectivity index (χ1) is 31.1. The van der Waals surface area contributed by atoms with Crippen LogP contribution in [0.3, 0.4) is 0 Å². The van der Waals surface area contributed by atoms with E-state index in [4.69, 9.17) is 0 Å². The average molecular weight is 1170 g/mol. The Hall–Kier alpha value is 0.442. The molecule has 0 amide bonds. The molecule has 0 aromatic carbocycles. The Balaban J connectivity index is -0.000000197. The Morgan fingerprint density at radius 3 is 0.486 bits per heavy atom. The van der Waals surface area contributed by atoms with Gasteiger partial charge in [0.2, 0.25) is 0 Å². The standard InChI is InChI=1S/2C20H36Si2.4C4H10O2.Ce.Li/c2*1-19(2,3)21(7,8)17-13-11-12-14-18(16-15-17)22(9,10)20(4,5)6;4*1-5-3-4-6-2;;/h2*11-16H,1-10H3;4*3-4H2,1-2H3;;/b2*12-11?,13-11-,14-12-,16-15?,17-13?,17-15+,18-14?,18-16+;;;;;;. The maximum absolute atomic E-state index is 4.66. The Labute approximate surface area is 485 Å². The predicted octanol–water partition coefficient (Wildman–Crippen LogP) is 14.9. The minimum Gasteiger partial charge on any atom is -0.382 e. The fourth-order valence-corrected chi connectivity index (χ4v) is 12.8. The Bertz CT molecular complexity index is 1320. The molecular formula is C56H112CeLiO8Si4. The van der Waals surface area contributed by atoms with Crippen molar-refractivity contribution >= 4 is 51.2 Å². The third kappa shape index (κ3) is 33.5. The molecule has 0 unspecified atom stereocenters. The summed E-state index contributed by atoms with van der Waals surface area (Å²) < 4.78 is 37.3. The third-order valence-corrected chi connectivity index (χ3v) is 36.7. The van der Waals surface area contributed by atoms with Crippen molar-refractivity contribution in [3.8, 4) is 0 Å². The normalized spacial score (nSPS) is 19.0. The molecule has 14 heteroatoms. The summed E-state index contributed by atoms with van der Waals surface area (Å²) in [5, 5.41) is 7.71. The summed E-state index contributed by atoms with van der Waals surface area (Å²) in [6.07, 6.45) is 28.0. The van der Waals surface area contributed by atoms with Gasteiger partial charge in [-0.3, -0.25) is 0 Å². The van der Waals surface area contributed by atoms with E-state index in [1.54, 1.807) is 77.7 Å². The fraction of sp³-hybridized carbons (Fsp3) is 0.714. The molecule has 0 aromatic heterocycles. The molecule has 2 rings (SSSR count). The molecule has 0 aromatic rings. The van der Waals surface area contributed by atoms with Crippen LogP contribution in [-0.4, -0.2) is 161 Å². The molecule has 0 spiro atoms. The van der Waals surface area contributed by atoms with Crippen molar-refractivity contribution in [2.24, 2.45) is 0 Å². The van der Waals surface area contributed by atoms with Gasteiger partial charge in [0.05, 0.1) is 85.2 Å². The summed E-state index contributed by atoms with van der Waals surface area (Å²) in [4.78, 5) is 0. The number of rotatable bonds is 16. The predicted molar refractivity (Wildman–Crippen MR) is 318 cm³/mol. The van der Waals surface area contributed by atoms with Gasteiger partial charge in [-0.25, -0.2) is 0 Å². The molecule has 0 saturated carbocycles. The summed E-state index contributed by atoms with van der Waals surface area (Å²) in [7, 11) is 7.29. The summed E-state index contributed by atoms with van der Waals surface area (Å²) >= 11 is 0. The van der Waals surface area contributed by atoms with Crippen LogP contribution in [0.15, 0.2) is 93.7 Å². The first kappa shape index (κ1) is 81.8. The van der Waals surface area contributed by atoms with Gasteiger partial charge in [0.1, 0.15) is 0 Å². The molecule has 0 aliphatic heterocycles. The molecule has 70 heavy (non-hydrogen) atoms. The van der Waals surface area contributed by atoms with E-state index in [9.17, 15) is 0 Å². The van der Waals surface area contributed by atoms with Crippen molar-refractivity contribution in [2.45, 2.75) is 156 Å². The van der Waals surface area contributed by atoms with Gasteiger partial charge in [0.25, 0.3) is 0 Å². The van der Waals surface area contributed by atoms with Crippen molar-refractivity contribution in [3.63, 3.8) is 0 Å². The molecule has 405 valence electrons. The average Bonchev–Trinajstić information content (AvgIpc) is 3.19. The van der Waals surface area contributed by atoms with Gasteiger partial charge in [-0.2, -0.15) is 0 Å².